The number of carboxylic acids is 1. The van der Waals surface area contributed by atoms with Crippen LogP contribution in [0.3, 0.4) is 0 Å². The second-order valence-corrected chi connectivity index (χ2v) is 7.33. The summed E-state index contributed by atoms with van der Waals surface area (Å²) < 4.78 is 5.21. The van der Waals surface area contributed by atoms with Gasteiger partial charge in [0.25, 0.3) is 0 Å². The van der Waals surface area contributed by atoms with Gasteiger partial charge in [0.05, 0.1) is 0 Å². The number of piperidine rings is 1. The van der Waals surface area contributed by atoms with E-state index in [1.165, 1.54) is 4.90 Å². The summed E-state index contributed by atoms with van der Waals surface area (Å²) in [5, 5.41) is 12.0. The van der Waals surface area contributed by atoms with E-state index in [2.05, 4.69) is 5.32 Å². The molecule has 3 unspecified atom stereocenters. The Hall–Kier alpha value is -2.05. The highest BCUT2D eigenvalue weighted by Gasteiger charge is 2.41. The van der Waals surface area contributed by atoms with Gasteiger partial charge in [0.15, 0.2) is 0 Å². The molecule has 0 aromatic carbocycles. The number of fused-ring (bicyclic) bond motifs is 1. The molecule has 0 spiro atoms. The van der Waals surface area contributed by atoms with E-state index in [4.69, 9.17) is 4.74 Å². The molecular weight excluding hydrogens is 312 g/mol. The molecule has 0 saturated carbocycles. The lowest BCUT2D eigenvalue weighted by molar-refractivity contribution is -0.156. The van der Waals surface area contributed by atoms with Crippen LogP contribution in [-0.2, 0) is 14.3 Å². The van der Waals surface area contributed by atoms with Crippen LogP contribution >= 0.6 is 0 Å². The molecule has 0 radical (unpaired) electrons. The van der Waals surface area contributed by atoms with Crippen LogP contribution in [0.2, 0.25) is 0 Å². The zero-order valence-electron chi connectivity index (χ0n) is 14.4. The number of rotatable bonds is 2. The number of carbonyl (C=O) groups is 3. The van der Waals surface area contributed by atoms with E-state index in [-0.39, 0.29) is 11.9 Å². The molecule has 2 N–H and O–H groups in total. The Bertz CT molecular complexity index is 538. The minimum atomic E-state index is -0.992. The van der Waals surface area contributed by atoms with Gasteiger partial charge in [0.2, 0.25) is 5.91 Å². The van der Waals surface area contributed by atoms with Crippen LogP contribution in [0.1, 0.15) is 52.9 Å². The Balaban J connectivity index is 2.18. The van der Waals surface area contributed by atoms with Crippen LogP contribution in [0.5, 0.6) is 0 Å². The first-order chi connectivity index (χ1) is 11.2. The van der Waals surface area contributed by atoms with Crippen molar-refractivity contribution in [3.63, 3.8) is 0 Å². The van der Waals surface area contributed by atoms with Gasteiger partial charge in [-0.15, -0.1) is 0 Å². The number of hydrogen-bond acceptors (Lipinski definition) is 4. The molecule has 2 amide bonds. The lowest BCUT2D eigenvalue weighted by atomic mass is 9.90. The predicted molar refractivity (Wildman–Crippen MR) is 87.4 cm³/mol. The molecule has 2 aliphatic rings. The monoisotopic (exact) mass is 338 g/mol. The van der Waals surface area contributed by atoms with Crippen molar-refractivity contribution in [3.8, 4) is 0 Å². The van der Waals surface area contributed by atoms with Crippen molar-refractivity contribution in [2.45, 2.75) is 76.6 Å². The molecule has 2 heterocycles. The molecular formula is C17H26N2O5. The first-order valence-electron chi connectivity index (χ1n) is 8.38. The smallest absolute Gasteiger partial charge is 0.408 e. The lowest BCUT2D eigenvalue weighted by Gasteiger charge is -2.42. The fourth-order valence-electron chi connectivity index (χ4n) is 3.22. The summed E-state index contributed by atoms with van der Waals surface area (Å²) >= 11 is 0. The van der Waals surface area contributed by atoms with Crippen LogP contribution in [-0.4, -0.2) is 51.7 Å². The summed E-state index contributed by atoms with van der Waals surface area (Å²) in [6.45, 7) is 5.23. The summed E-state index contributed by atoms with van der Waals surface area (Å²) in [7, 11) is 0. The van der Waals surface area contributed by atoms with Crippen molar-refractivity contribution in [2.24, 2.45) is 0 Å². The standard InChI is InChI=1S/C17H26N2O5/c1-17(2,3)24-16(23)18-12-9-5-4-7-11-8-6-10-13(15(21)22)19(11)14(12)20/h4-5,11-13H,6-10H2,1-3H3,(H,18,23)(H,21,22)/b5-4-. The van der Waals surface area contributed by atoms with Crippen molar-refractivity contribution in [2.75, 3.05) is 0 Å². The number of ether oxygens (including phenoxy) is 1. The molecule has 7 heteroatoms. The Morgan fingerprint density at radius 3 is 2.54 bits per heavy atom. The topological polar surface area (TPSA) is 95.9 Å². The van der Waals surface area contributed by atoms with Crippen LogP contribution in [0.15, 0.2) is 12.2 Å². The molecule has 0 bridgehead atoms. The fourth-order valence-corrected chi connectivity index (χ4v) is 3.22. The van der Waals surface area contributed by atoms with E-state index in [1.807, 2.05) is 12.2 Å². The second-order valence-electron chi connectivity index (χ2n) is 7.33. The number of nitrogens with one attached hydrogen (secondary N) is 1. The highest BCUT2D eigenvalue weighted by Crippen LogP contribution is 2.28. The highest BCUT2D eigenvalue weighted by atomic mass is 16.6. The Labute approximate surface area is 142 Å². The van der Waals surface area contributed by atoms with E-state index in [1.54, 1.807) is 20.8 Å². The number of carbonyl (C=O) groups excluding carboxylic acids is 2. The predicted octanol–water partition coefficient (Wildman–Crippen LogP) is 2.06. The summed E-state index contributed by atoms with van der Waals surface area (Å²) in [4.78, 5) is 37.9. The largest absolute Gasteiger partial charge is 0.480 e. The van der Waals surface area contributed by atoms with Gasteiger partial charge in [-0.2, -0.15) is 0 Å². The van der Waals surface area contributed by atoms with Crippen LogP contribution in [0, 0.1) is 0 Å². The normalized spacial score (nSPS) is 29.0. The minimum Gasteiger partial charge on any atom is -0.480 e. The lowest BCUT2D eigenvalue weighted by Crippen LogP contribution is -2.59. The Morgan fingerprint density at radius 2 is 1.92 bits per heavy atom. The summed E-state index contributed by atoms with van der Waals surface area (Å²) in [5.74, 6) is -1.34. The number of amides is 2. The van der Waals surface area contributed by atoms with Gasteiger partial charge in [-0.3, -0.25) is 4.79 Å². The first kappa shape index (κ1) is 18.3. The zero-order chi connectivity index (χ0) is 17.9. The molecule has 2 rings (SSSR count). The van der Waals surface area contributed by atoms with Crippen molar-refractivity contribution >= 4 is 18.0 Å². The van der Waals surface area contributed by atoms with Crippen molar-refractivity contribution in [1.82, 2.24) is 10.2 Å². The SMILES string of the molecule is CC(C)(C)OC(=O)NC1C/C=C\CC2CCCC(C(=O)O)N2C1=O. The highest BCUT2D eigenvalue weighted by molar-refractivity contribution is 5.90. The van der Waals surface area contributed by atoms with E-state index in [9.17, 15) is 19.5 Å². The van der Waals surface area contributed by atoms with Crippen LogP contribution < -0.4 is 5.32 Å². The van der Waals surface area contributed by atoms with Gasteiger partial charge >= 0.3 is 12.1 Å². The van der Waals surface area contributed by atoms with Gasteiger partial charge < -0.3 is 20.1 Å². The maximum atomic E-state index is 12.9. The number of hydrogen-bond donors (Lipinski definition) is 2. The van der Waals surface area contributed by atoms with Crippen molar-refractivity contribution in [3.05, 3.63) is 12.2 Å². The molecule has 0 aromatic rings. The molecule has 1 fully saturated rings. The van der Waals surface area contributed by atoms with E-state index in [0.717, 1.165) is 12.8 Å². The average molecular weight is 338 g/mol. The molecule has 1 saturated heterocycles. The molecule has 2 aliphatic heterocycles. The Kier molecular flexibility index (Phi) is 5.51. The average Bonchev–Trinajstić information content (AvgIpc) is 2.45. The Morgan fingerprint density at radius 1 is 1.25 bits per heavy atom. The number of aliphatic carboxylic acids is 1. The summed E-state index contributed by atoms with van der Waals surface area (Å²) in [5.41, 5.74) is -0.665. The first-order valence-corrected chi connectivity index (χ1v) is 8.38. The maximum absolute atomic E-state index is 12.9. The number of nitrogens with zero attached hydrogens (tertiary/aromatic N) is 1. The molecule has 3 atom stereocenters. The summed E-state index contributed by atoms with van der Waals surface area (Å²) in [6.07, 6.45) is 6.13. The van der Waals surface area contributed by atoms with Crippen molar-refractivity contribution < 1.29 is 24.2 Å². The van der Waals surface area contributed by atoms with Gasteiger partial charge in [0, 0.05) is 6.04 Å². The van der Waals surface area contributed by atoms with Crippen LogP contribution in [0.25, 0.3) is 0 Å². The molecule has 0 aromatic heterocycles. The van der Waals surface area contributed by atoms with Gasteiger partial charge in [-0.25, -0.2) is 9.59 Å². The molecule has 0 aliphatic carbocycles. The second kappa shape index (κ2) is 7.23. The zero-order valence-corrected chi connectivity index (χ0v) is 14.4. The quantitative estimate of drug-likeness (QED) is 0.751. The van der Waals surface area contributed by atoms with Crippen molar-refractivity contribution in [1.29, 1.82) is 0 Å². The molecule has 24 heavy (non-hydrogen) atoms. The fraction of sp³-hybridized carbons (Fsp3) is 0.706. The van der Waals surface area contributed by atoms with E-state index >= 15 is 0 Å². The van der Waals surface area contributed by atoms with E-state index in [0.29, 0.717) is 19.3 Å². The van der Waals surface area contributed by atoms with Gasteiger partial charge in [-0.05, 0) is 52.9 Å². The maximum Gasteiger partial charge on any atom is 0.408 e. The third kappa shape index (κ3) is 4.49. The summed E-state index contributed by atoms with van der Waals surface area (Å²) in [6, 6.07) is -1.77. The minimum absolute atomic E-state index is 0.133. The van der Waals surface area contributed by atoms with E-state index < -0.39 is 29.7 Å². The van der Waals surface area contributed by atoms with Crippen LogP contribution in [0.4, 0.5) is 4.79 Å². The number of carboxylic acid groups (broad SMARTS) is 1. The third-order valence-corrected chi connectivity index (χ3v) is 4.22. The third-order valence-electron chi connectivity index (χ3n) is 4.22. The molecule has 7 nitrogen and oxygen atoms in total. The van der Waals surface area contributed by atoms with Gasteiger partial charge in [0.1, 0.15) is 17.7 Å². The van der Waals surface area contributed by atoms with Gasteiger partial charge in [-0.1, -0.05) is 12.2 Å². The molecule has 134 valence electrons. The number of alkyl carbamates (subject to hydrolysis) is 1.